The van der Waals surface area contributed by atoms with Crippen molar-refractivity contribution in [3.63, 3.8) is 0 Å². The molecule has 0 radical (unpaired) electrons. The van der Waals surface area contributed by atoms with Gasteiger partial charge in [0.2, 0.25) is 5.95 Å². The van der Waals surface area contributed by atoms with Gasteiger partial charge in [0.25, 0.3) is 5.91 Å². The summed E-state index contributed by atoms with van der Waals surface area (Å²) in [5.74, 6) is 2.44. The number of aromatic nitrogens is 3. The van der Waals surface area contributed by atoms with Crippen LogP contribution in [0.1, 0.15) is 18.5 Å². The maximum absolute atomic E-state index is 13.5. The van der Waals surface area contributed by atoms with E-state index in [1.165, 1.54) is 6.33 Å². The van der Waals surface area contributed by atoms with Gasteiger partial charge in [0.15, 0.2) is 11.5 Å². The predicted molar refractivity (Wildman–Crippen MR) is 122 cm³/mol. The first-order valence-electron chi connectivity index (χ1n) is 10.1. The molecule has 2 heterocycles. The quantitative estimate of drug-likeness (QED) is 0.564. The first-order valence-corrected chi connectivity index (χ1v) is 10.1. The van der Waals surface area contributed by atoms with E-state index >= 15 is 0 Å². The van der Waals surface area contributed by atoms with Gasteiger partial charge in [0.1, 0.15) is 23.9 Å². The van der Waals surface area contributed by atoms with E-state index in [0.717, 1.165) is 0 Å². The topological polar surface area (TPSA) is 109 Å². The highest BCUT2D eigenvalue weighted by molar-refractivity contribution is 6.06. The van der Waals surface area contributed by atoms with E-state index in [4.69, 9.17) is 18.9 Å². The SMILES string of the molecule is COc1ccc(NC(=O)C2=C(C)Nc3ncnn3C2c2cc(OC)c(OC)cc2OC)cc1. The van der Waals surface area contributed by atoms with Crippen molar-refractivity contribution in [1.82, 2.24) is 14.8 Å². The molecule has 3 aromatic rings. The summed E-state index contributed by atoms with van der Waals surface area (Å²) in [6.07, 6.45) is 1.43. The maximum Gasteiger partial charge on any atom is 0.255 e. The first-order chi connectivity index (χ1) is 16.0. The zero-order valence-electron chi connectivity index (χ0n) is 19.0. The highest BCUT2D eigenvalue weighted by Crippen LogP contribution is 2.43. The van der Waals surface area contributed by atoms with E-state index in [1.54, 1.807) is 69.5 Å². The summed E-state index contributed by atoms with van der Waals surface area (Å²) >= 11 is 0. The second-order valence-electron chi connectivity index (χ2n) is 7.23. The van der Waals surface area contributed by atoms with Crippen molar-refractivity contribution < 1.29 is 23.7 Å². The number of fused-ring (bicyclic) bond motifs is 1. The van der Waals surface area contributed by atoms with Crippen LogP contribution in [0.4, 0.5) is 11.6 Å². The third-order valence-corrected chi connectivity index (χ3v) is 5.42. The van der Waals surface area contributed by atoms with Crippen molar-refractivity contribution in [3.8, 4) is 23.0 Å². The summed E-state index contributed by atoms with van der Waals surface area (Å²) in [4.78, 5) is 17.8. The van der Waals surface area contributed by atoms with Crippen LogP contribution in [0.3, 0.4) is 0 Å². The Hall–Kier alpha value is -4.21. The molecule has 1 aliphatic rings. The number of rotatable bonds is 7. The van der Waals surface area contributed by atoms with Crippen molar-refractivity contribution in [2.24, 2.45) is 0 Å². The summed E-state index contributed by atoms with van der Waals surface area (Å²) < 4.78 is 23.4. The summed E-state index contributed by atoms with van der Waals surface area (Å²) in [5.41, 5.74) is 2.39. The lowest BCUT2D eigenvalue weighted by Crippen LogP contribution is -2.31. The normalized spacial score (nSPS) is 14.8. The van der Waals surface area contributed by atoms with E-state index < -0.39 is 6.04 Å². The van der Waals surface area contributed by atoms with Gasteiger partial charge in [-0.05, 0) is 37.3 Å². The van der Waals surface area contributed by atoms with E-state index in [9.17, 15) is 4.79 Å². The lowest BCUT2D eigenvalue weighted by molar-refractivity contribution is -0.113. The summed E-state index contributed by atoms with van der Waals surface area (Å²) in [7, 11) is 6.25. The Morgan fingerprint density at radius 2 is 1.64 bits per heavy atom. The minimum atomic E-state index is -0.628. The molecule has 1 atom stereocenters. The molecule has 0 fully saturated rings. The van der Waals surface area contributed by atoms with Crippen molar-refractivity contribution in [3.05, 3.63) is 59.6 Å². The van der Waals surface area contributed by atoms with Crippen LogP contribution in [0.5, 0.6) is 23.0 Å². The Kier molecular flexibility index (Phi) is 6.07. The Balaban J connectivity index is 1.81. The number of methoxy groups -OCH3 is 4. The van der Waals surface area contributed by atoms with Crippen LogP contribution >= 0.6 is 0 Å². The van der Waals surface area contributed by atoms with Crippen LogP contribution in [0.15, 0.2) is 54.0 Å². The van der Waals surface area contributed by atoms with Crippen molar-refractivity contribution in [2.75, 3.05) is 39.1 Å². The molecule has 10 heteroatoms. The van der Waals surface area contributed by atoms with Crippen LogP contribution in [0.25, 0.3) is 0 Å². The number of benzene rings is 2. The number of anilines is 2. The zero-order valence-corrected chi connectivity index (χ0v) is 19.0. The molecule has 1 amide bonds. The first kappa shape index (κ1) is 22.0. The number of carbonyl (C=O) groups is 1. The fourth-order valence-electron chi connectivity index (χ4n) is 3.81. The molecule has 1 aromatic heterocycles. The summed E-state index contributed by atoms with van der Waals surface area (Å²) in [6.45, 7) is 1.82. The average molecular weight is 451 g/mol. The number of amides is 1. The van der Waals surface area contributed by atoms with Gasteiger partial charge in [-0.25, -0.2) is 4.68 Å². The molecule has 0 bridgehead atoms. The second-order valence-corrected chi connectivity index (χ2v) is 7.23. The van der Waals surface area contributed by atoms with Crippen LogP contribution < -0.4 is 29.6 Å². The molecular weight excluding hydrogens is 426 g/mol. The van der Waals surface area contributed by atoms with Gasteiger partial charge in [-0.15, -0.1) is 0 Å². The largest absolute Gasteiger partial charge is 0.497 e. The molecule has 172 valence electrons. The van der Waals surface area contributed by atoms with Crippen molar-refractivity contribution in [2.45, 2.75) is 13.0 Å². The number of hydrogen-bond donors (Lipinski definition) is 2. The molecule has 2 N–H and O–H groups in total. The van der Waals surface area contributed by atoms with Gasteiger partial charge >= 0.3 is 0 Å². The Bertz CT molecular complexity index is 1200. The lowest BCUT2D eigenvalue weighted by atomic mass is 9.93. The fourth-order valence-corrected chi connectivity index (χ4v) is 3.81. The van der Waals surface area contributed by atoms with Crippen LogP contribution in [-0.4, -0.2) is 49.1 Å². The van der Waals surface area contributed by atoms with E-state index in [0.29, 0.717) is 51.5 Å². The molecule has 10 nitrogen and oxygen atoms in total. The molecular formula is C23H25N5O5. The van der Waals surface area contributed by atoms with Crippen molar-refractivity contribution >= 4 is 17.5 Å². The number of nitrogens with one attached hydrogen (secondary N) is 2. The number of hydrogen-bond acceptors (Lipinski definition) is 8. The van der Waals surface area contributed by atoms with Gasteiger partial charge in [-0.2, -0.15) is 10.1 Å². The molecule has 1 aliphatic heterocycles. The van der Waals surface area contributed by atoms with E-state index in [-0.39, 0.29) is 5.91 Å². The van der Waals surface area contributed by atoms with Crippen molar-refractivity contribution in [1.29, 1.82) is 0 Å². The van der Waals surface area contributed by atoms with Crippen LogP contribution in [0, 0.1) is 0 Å². The number of nitrogens with zero attached hydrogens (tertiary/aromatic N) is 3. The molecule has 1 unspecified atom stereocenters. The van der Waals surface area contributed by atoms with Gasteiger partial charge < -0.3 is 29.6 Å². The molecule has 0 spiro atoms. The monoisotopic (exact) mass is 451 g/mol. The van der Waals surface area contributed by atoms with E-state index in [2.05, 4.69) is 20.7 Å². The van der Waals surface area contributed by atoms with Gasteiger partial charge in [-0.3, -0.25) is 4.79 Å². The number of carbonyl (C=O) groups excluding carboxylic acids is 1. The predicted octanol–water partition coefficient (Wildman–Crippen LogP) is 3.24. The summed E-state index contributed by atoms with van der Waals surface area (Å²) in [6, 6.07) is 9.98. The Morgan fingerprint density at radius 1 is 0.970 bits per heavy atom. The second kappa shape index (κ2) is 9.11. The highest BCUT2D eigenvalue weighted by atomic mass is 16.5. The molecule has 4 rings (SSSR count). The molecule has 0 aliphatic carbocycles. The molecule has 33 heavy (non-hydrogen) atoms. The molecule has 2 aromatic carbocycles. The van der Waals surface area contributed by atoms with Gasteiger partial charge in [0, 0.05) is 23.0 Å². The lowest BCUT2D eigenvalue weighted by Gasteiger charge is -2.30. The minimum Gasteiger partial charge on any atom is -0.497 e. The average Bonchev–Trinajstić information content (AvgIpc) is 3.30. The molecule has 0 saturated carbocycles. The summed E-state index contributed by atoms with van der Waals surface area (Å²) in [5, 5.41) is 10.5. The molecule has 0 saturated heterocycles. The maximum atomic E-state index is 13.5. The number of ether oxygens (including phenoxy) is 4. The Morgan fingerprint density at radius 3 is 2.27 bits per heavy atom. The van der Waals surface area contributed by atoms with Gasteiger partial charge in [0.05, 0.1) is 34.0 Å². The smallest absolute Gasteiger partial charge is 0.255 e. The highest BCUT2D eigenvalue weighted by Gasteiger charge is 2.36. The van der Waals surface area contributed by atoms with Crippen LogP contribution in [-0.2, 0) is 4.79 Å². The van der Waals surface area contributed by atoms with E-state index in [1.807, 2.05) is 6.92 Å². The standard InChI is InChI=1S/C23H25N5O5/c1-13-20(22(29)27-14-6-8-15(30-2)9-7-14)21(28-23(26-13)24-12-25-28)16-10-18(32-4)19(33-5)11-17(16)31-3/h6-12,21H,1-5H3,(H,27,29)(H,24,25,26). The third-order valence-electron chi connectivity index (χ3n) is 5.42. The minimum absolute atomic E-state index is 0.298. The fraction of sp³-hybridized carbons (Fsp3) is 0.261. The van der Waals surface area contributed by atoms with Crippen LogP contribution in [0.2, 0.25) is 0 Å². The Labute approximate surface area is 191 Å². The number of allylic oxidation sites excluding steroid dienone is 1. The third kappa shape index (κ3) is 4.02. The zero-order chi connectivity index (χ0) is 23.5. The van der Waals surface area contributed by atoms with Gasteiger partial charge in [-0.1, -0.05) is 0 Å².